The molecule has 0 unspecified atom stereocenters. The van der Waals surface area contributed by atoms with Crippen molar-refractivity contribution < 1.29 is 0 Å². The molecule has 2 aliphatic carbocycles. The second-order valence-corrected chi connectivity index (χ2v) is 26.8. The van der Waals surface area contributed by atoms with E-state index in [0.717, 1.165) is 66.9 Å². The van der Waals surface area contributed by atoms with Crippen LogP contribution in [0.4, 0.5) is 34.1 Å². The lowest BCUT2D eigenvalue weighted by molar-refractivity contribution is 0.798. The van der Waals surface area contributed by atoms with Crippen molar-refractivity contribution in [1.82, 2.24) is 9.55 Å². The fourth-order valence-electron chi connectivity index (χ4n) is 15.1. The molecule has 0 radical (unpaired) electrons. The monoisotopic (exact) mass is 1120 g/mol. The number of pyridine rings is 1. The van der Waals surface area contributed by atoms with Crippen LogP contribution in [0.1, 0.15) is 22.3 Å². The van der Waals surface area contributed by atoms with E-state index in [4.69, 9.17) is 4.98 Å². The molecular weight excluding hydrogens is 1070 g/mol. The van der Waals surface area contributed by atoms with Gasteiger partial charge in [-0.3, -0.25) is 4.98 Å². The fourth-order valence-corrected chi connectivity index (χ4v) is 19.8. The molecule has 0 saturated carbocycles. The van der Waals surface area contributed by atoms with Crippen LogP contribution in [0, 0.1) is 0 Å². The van der Waals surface area contributed by atoms with Gasteiger partial charge in [0, 0.05) is 73.8 Å². The fraction of sp³-hybridized carbons (Fsp3) is 0.0122. The van der Waals surface area contributed by atoms with E-state index in [9.17, 15) is 0 Å². The van der Waals surface area contributed by atoms with Gasteiger partial charge in [-0.25, -0.2) is 0 Å². The average molecular weight is 1130 g/mol. The molecule has 15 aromatic rings. The maximum Gasteiger partial charge on any atom is 0.179 e. The second-order valence-electron chi connectivity index (χ2n) is 22.9. The first-order valence-electron chi connectivity index (χ1n) is 30.0. The van der Waals surface area contributed by atoms with Gasteiger partial charge in [0.25, 0.3) is 0 Å². The van der Waals surface area contributed by atoms with Crippen molar-refractivity contribution >= 4 is 95.5 Å². The minimum Gasteiger partial charge on any atom is -0.310 e. The molecule has 0 amide bonds. The Morgan fingerprint density at radius 2 is 0.793 bits per heavy atom. The van der Waals surface area contributed by atoms with Gasteiger partial charge in [-0.2, -0.15) is 0 Å². The van der Waals surface area contributed by atoms with E-state index < -0.39 is 13.5 Å². The molecular formula is C82H56N4Si. The van der Waals surface area contributed by atoms with Gasteiger partial charge in [0.2, 0.25) is 0 Å². The third kappa shape index (κ3) is 7.59. The minimum absolute atomic E-state index is 0.734. The number of rotatable bonds is 11. The van der Waals surface area contributed by atoms with Crippen LogP contribution in [0.5, 0.6) is 0 Å². The Morgan fingerprint density at radius 1 is 0.333 bits per heavy atom. The van der Waals surface area contributed by atoms with Crippen molar-refractivity contribution in [2.75, 3.05) is 9.80 Å². The molecule has 1 spiro atoms. The summed E-state index contributed by atoms with van der Waals surface area (Å²) in [6.45, 7) is 0. The Bertz CT molecular complexity index is 4890. The summed E-state index contributed by atoms with van der Waals surface area (Å²) in [5.41, 5.74) is 19.2. The smallest absolute Gasteiger partial charge is 0.179 e. The lowest BCUT2D eigenvalue weighted by Crippen LogP contribution is -2.74. The van der Waals surface area contributed by atoms with Crippen LogP contribution in [0.25, 0.3) is 60.5 Å². The van der Waals surface area contributed by atoms with E-state index in [1.807, 2.05) is 12.4 Å². The summed E-state index contributed by atoms with van der Waals surface area (Å²) in [4.78, 5) is 9.69. The van der Waals surface area contributed by atoms with Crippen LogP contribution in [-0.2, 0) is 5.41 Å². The largest absolute Gasteiger partial charge is 0.310 e. The van der Waals surface area contributed by atoms with Crippen LogP contribution < -0.4 is 30.5 Å². The van der Waals surface area contributed by atoms with Crippen molar-refractivity contribution in [3.05, 3.63) is 362 Å². The van der Waals surface area contributed by atoms with Gasteiger partial charge in [0.15, 0.2) is 8.07 Å². The summed E-state index contributed by atoms with van der Waals surface area (Å²) in [5, 5.41) is 9.94. The zero-order valence-electron chi connectivity index (χ0n) is 47.6. The Morgan fingerprint density at radius 3 is 1.34 bits per heavy atom. The molecule has 2 aliphatic rings. The van der Waals surface area contributed by atoms with Crippen LogP contribution in [0.3, 0.4) is 0 Å². The first-order chi connectivity index (χ1) is 43.2. The van der Waals surface area contributed by atoms with Crippen molar-refractivity contribution in [3.8, 4) is 27.9 Å². The molecule has 0 atom stereocenters. The maximum absolute atomic E-state index is 4.74. The average Bonchev–Trinajstić information content (AvgIpc) is 1.50. The van der Waals surface area contributed by atoms with E-state index in [0.29, 0.717) is 0 Å². The van der Waals surface area contributed by atoms with Crippen molar-refractivity contribution in [2.24, 2.45) is 0 Å². The van der Waals surface area contributed by atoms with Crippen LogP contribution >= 0.6 is 0 Å². The molecule has 17 rings (SSSR count). The number of nitrogens with zero attached hydrogens (tertiary/aromatic N) is 4. The van der Waals surface area contributed by atoms with E-state index in [2.05, 4.69) is 342 Å². The van der Waals surface area contributed by atoms with E-state index in [1.165, 1.54) is 70.8 Å². The molecule has 408 valence electrons. The molecule has 0 fully saturated rings. The van der Waals surface area contributed by atoms with Gasteiger partial charge in [-0.15, -0.1) is 0 Å². The predicted molar refractivity (Wildman–Crippen MR) is 365 cm³/mol. The standard InChI is InChI=1S/C82H56N4Si/c1-8-26-59(27-9-1)84(63-44-47-68(48-45-63)87(65-34-16-5-17-35-65,66-36-18-6-19-37-66)67-38-20-7-21-39-67)64-46-49-77-71(54-64)72-55-78(85(60-28-10-2-11-29-60)61-30-12-3-13-31-61)79-73-52-58-56-83-51-50-57(58)53-76(73)82(80(79)81(72)86(77)62-32-14-4-15-33-62)74-42-24-22-40-69(74)70-41-23-25-43-75(70)82/h1-56H. The summed E-state index contributed by atoms with van der Waals surface area (Å²) in [7, 11) is -2.81. The van der Waals surface area contributed by atoms with E-state index >= 15 is 0 Å². The molecule has 87 heavy (non-hydrogen) atoms. The molecule has 13 aromatic carbocycles. The number of hydrogen-bond acceptors (Lipinski definition) is 3. The summed E-state index contributed by atoms with van der Waals surface area (Å²) in [6.07, 6.45) is 3.97. The highest BCUT2D eigenvalue weighted by molar-refractivity contribution is 7.19. The van der Waals surface area contributed by atoms with Crippen LogP contribution in [0.15, 0.2) is 340 Å². The summed E-state index contributed by atoms with van der Waals surface area (Å²) >= 11 is 0. The van der Waals surface area contributed by atoms with Crippen molar-refractivity contribution in [3.63, 3.8) is 0 Å². The Hall–Kier alpha value is -11.1. The maximum atomic E-state index is 4.74. The molecule has 4 nitrogen and oxygen atoms in total. The van der Waals surface area contributed by atoms with Crippen molar-refractivity contribution in [1.29, 1.82) is 0 Å². The summed E-state index contributed by atoms with van der Waals surface area (Å²) in [6, 6.07) is 122. The number of hydrogen-bond donors (Lipinski definition) is 0. The number of benzene rings is 13. The highest BCUT2D eigenvalue weighted by atomic mass is 28.3. The number of aromatic nitrogens is 2. The zero-order chi connectivity index (χ0) is 57.5. The predicted octanol–water partition coefficient (Wildman–Crippen LogP) is 18.0. The van der Waals surface area contributed by atoms with Crippen LogP contribution in [-0.4, -0.2) is 17.6 Å². The third-order valence-electron chi connectivity index (χ3n) is 18.5. The van der Waals surface area contributed by atoms with Gasteiger partial charge in [0.05, 0.1) is 22.1 Å². The number of anilines is 6. The highest BCUT2D eigenvalue weighted by Crippen LogP contribution is 2.67. The Kier molecular flexibility index (Phi) is 11.8. The van der Waals surface area contributed by atoms with Gasteiger partial charge in [-0.05, 0) is 163 Å². The van der Waals surface area contributed by atoms with Gasteiger partial charge < -0.3 is 14.4 Å². The quantitative estimate of drug-likeness (QED) is 0.0953. The lowest BCUT2D eigenvalue weighted by atomic mass is 9.69. The molecule has 5 heteroatoms. The van der Waals surface area contributed by atoms with Gasteiger partial charge >= 0.3 is 0 Å². The number of fused-ring (bicyclic) bond motifs is 15. The van der Waals surface area contributed by atoms with Gasteiger partial charge in [-0.1, -0.05) is 224 Å². The molecule has 0 bridgehead atoms. The molecule has 2 aromatic heterocycles. The van der Waals surface area contributed by atoms with E-state index in [1.54, 1.807) is 0 Å². The summed E-state index contributed by atoms with van der Waals surface area (Å²) in [5.74, 6) is 0. The van der Waals surface area contributed by atoms with Gasteiger partial charge in [0.1, 0.15) is 0 Å². The first-order valence-corrected chi connectivity index (χ1v) is 32.0. The topological polar surface area (TPSA) is 24.3 Å². The van der Waals surface area contributed by atoms with Crippen molar-refractivity contribution in [2.45, 2.75) is 5.41 Å². The Labute approximate surface area is 507 Å². The molecule has 0 N–H and O–H groups in total. The zero-order valence-corrected chi connectivity index (χ0v) is 48.6. The summed E-state index contributed by atoms with van der Waals surface area (Å²) < 4.78 is 2.58. The second kappa shape index (κ2) is 20.3. The Balaban J connectivity index is 0.989. The van der Waals surface area contributed by atoms with Crippen LogP contribution in [0.2, 0.25) is 0 Å². The molecule has 0 saturated heterocycles. The minimum atomic E-state index is -2.81. The SMILES string of the molecule is c1ccc(N(c2ccc([Si](c3ccccc3)(c3ccccc3)c3ccccc3)cc2)c2ccc3c(c2)c2cc(N(c4ccccc4)c4ccccc4)c4c(c2n3-c2ccccc2)C2(c3ccccc3-c3ccccc32)c2cc3ccncc3cc2-4)cc1. The normalized spacial score (nSPS) is 12.7. The molecule has 2 heterocycles. The lowest BCUT2D eigenvalue weighted by Gasteiger charge is -2.35. The first kappa shape index (κ1) is 50.4. The highest BCUT2D eigenvalue weighted by Gasteiger charge is 2.54. The third-order valence-corrected chi connectivity index (χ3v) is 23.3. The molecule has 0 aliphatic heterocycles. The van der Waals surface area contributed by atoms with E-state index in [-0.39, 0.29) is 0 Å². The number of para-hydroxylation sites is 4.